The van der Waals surface area contributed by atoms with Crippen LogP contribution in [-0.4, -0.2) is 26.2 Å². The molecule has 4 rings (SSSR count). The van der Waals surface area contributed by atoms with Crippen molar-refractivity contribution in [2.24, 2.45) is 0 Å². The first-order valence-electron chi connectivity index (χ1n) is 11.8. The maximum Gasteiger partial charge on any atom is 0.156 e. The second kappa shape index (κ2) is 9.78. The van der Waals surface area contributed by atoms with Gasteiger partial charge in [0.1, 0.15) is 23.0 Å². The lowest BCUT2D eigenvalue weighted by Gasteiger charge is -2.26. The van der Waals surface area contributed by atoms with Crippen LogP contribution >= 0.6 is 0 Å². The molecule has 0 saturated carbocycles. The molecule has 5 nitrogen and oxygen atoms in total. The maximum atomic E-state index is 14.6. The van der Waals surface area contributed by atoms with Crippen molar-refractivity contribution in [1.82, 2.24) is 0 Å². The predicted molar refractivity (Wildman–Crippen MR) is 140 cm³/mol. The summed E-state index contributed by atoms with van der Waals surface area (Å²) >= 11 is 0. The molecule has 5 heteroatoms. The average Bonchev–Trinajstić information content (AvgIpc) is 2.81. The second-order valence-corrected chi connectivity index (χ2v) is 9.44. The summed E-state index contributed by atoms with van der Waals surface area (Å²) in [5.74, 6) is -2.63. The normalized spacial score (nSPS) is 12.8. The summed E-state index contributed by atoms with van der Waals surface area (Å²) in [6, 6.07) is 19.9. The number of phenols is 4. The molecule has 4 aromatic carbocycles. The SMILES string of the molecule is Cc1ccc(C(C(=O)C(c2ccc(C)c(C)c2)c2ccc(O)cc2O)c2ccc(O)cc2O)cc1C. The van der Waals surface area contributed by atoms with Crippen molar-refractivity contribution < 1.29 is 25.2 Å². The third kappa shape index (κ3) is 4.78. The number of hydrogen-bond donors (Lipinski definition) is 4. The number of aryl methyl sites for hydroxylation is 4. The molecule has 0 aliphatic heterocycles. The largest absolute Gasteiger partial charge is 0.508 e. The number of aromatic hydroxyl groups is 4. The van der Waals surface area contributed by atoms with Gasteiger partial charge in [0.25, 0.3) is 0 Å². The van der Waals surface area contributed by atoms with E-state index >= 15 is 0 Å². The van der Waals surface area contributed by atoms with Crippen LogP contribution in [0, 0.1) is 27.7 Å². The quantitative estimate of drug-likeness (QED) is 0.259. The van der Waals surface area contributed by atoms with E-state index in [-0.39, 0.29) is 28.8 Å². The van der Waals surface area contributed by atoms with Crippen molar-refractivity contribution in [2.45, 2.75) is 39.5 Å². The fourth-order valence-electron chi connectivity index (χ4n) is 4.60. The number of carbonyl (C=O) groups excluding carboxylic acids is 1. The van der Waals surface area contributed by atoms with Crippen LogP contribution in [0.4, 0.5) is 0 Å². The standard InChI is InChI=1S/C31H30O5/c1-17-5-7-21(13-19(17)3)29(25-11-9-23(32)15-27(25)34)31(36)30(22-8-6-18(2)20(4)14-22)26-12-10-24(33)16-28(26)35/h5-16,29-30,32-35H,1-4H3. The lowest BCUT2D eigenvalue weighted by atomic mass is 9.76. The molecule has 4 aromatic rings. The van der Waals surface area contributed by atoms with Gasteiger partial charge in [0.05, 0.1) is 11.8 Å². The molecular weight excluding hydrogens is 452 g/mol. The Morgan fingerprint density at radius 3 is 1.25 bits per heavy atom. The Morgan fingerprint density at radius 1 is 0.528 bits per heavy atom. The molecule has 2 unspecified atom stereocenters. The van der Waals surface area contributed by atoms with Crippen molar-refractivity contribution in [3.63, 3.8) is 0 Å². The van der Waals surface area contributed by atoms with E-state index in [1.54, 1.807) is 12.1 Å². The number of hydrogen-bond acceptors (Lipinski definition) is 5. The van der Waals surface area contributed by atoms with Gasteiger partial charge in [-0.05, 0) is 73.2 Å². The van der Waals surface area contributed by atoms with E-state index in [1.807, 2.05) is 64.1 Å². The highest BCUT2D eigenvalue weighted by atomic mass is 16.3. The van der Waals surface area contributed by atoms with Crippen LogP contribution in [0.2, 0.25) is 0 Å². The Morgan fingerprint density at radius 2 is 0.917 bits per heavy atom. The highest BCUT2D eigenvalue weighted by molar-refractivity contribution is 5.98. The van der Waals surface area contributed by atoms with Gasteiger partial charge >= 0.3 is 0 Å². The summed E-state index contributed by atoms with van der Waals surface area (Å²) in [7, 11) is 0. The second-order valence-electron chi connectivity index (χ2n) is 9.44. The molecular formula is C31H30O5. The molecule has 0 amide bonds. The van der Waals surface area contributed by atoms with Crippen LogP contribution < -0.4 is 0 Å². The number of Topliss-reactive ketones (excluding diaryl/α,β-unsaturated/α-hetero) is 1. The Bertz CT molecular complexity index is 1340. The van der Waals surface area contributed by atoms with Crippen LogP contribution in [0.3, 0.4) is 0 Å². The molecule has 0 aliphatic rings. The molecule has 0 saturated heterocycles. The number of phenolic OH excluding ortho intramolecular Hbond substituents is 4. The highest BCUT2D eigenvalue weighted by Gasteiger charge is 2.35. The molecule has 4 N–H and O–H groups in total. The third-order valence-electron chi connectivity index (χ3n) is 6.95. The van der Waals surface area contributed by atoms with E-state index in [9.17, 15) is 25.2 Å². The van der Waals surface area contributed by atoms with E-state index < -0.39 is 11.8 Å². The van der Waals surface area contributed by atoms with Gasteiger partial charge in [-0.25, -0.2) is 0 Å². The van der Waals surface area contributed by atoms with Crippen LogP contribution in [0.5, 0.6) is 23.0 Å². The molecule has 0 aliphatic carbocycles. The summed E-state index contributed by atoms with van der Waals surface area (Å²) < 4.78 is 0. The molecule has 0 spiro atoms. The monoisotopic (exact) mass is 482 g/mol. The lowest BCUT2D eigenvalue weighted by Crippen LogP contribution is -2.23. The molecule has 184 valence electrons. The zero-order chi connectivity index (χ0) is 26.1. The van der Waals surface area contributed by atoms with Crippen LogP contribution in [0.15, 0.2) is 72.8 Å². The van der Waals surface area contributed by atoms with Gasteiger partial charge in [-0.15, -0.1) is 0 Å². The topological polar surface area (TPSA) is 98.0 Å². The zero-order valence-corrected chi connectivity index (χ0v) is 20.8. The summed E-state index contributed by atoms with van der Waals surface area (Å²) in [6.45, 7) is 7.90. The average molecular weight is 483 g/mol. The minimum absolute atomic E-state index is 0.107. The zero-order valence-electron chi connectivity index (χ0n) is 20.8. The smallest absolute Gasteiger partial charge is 0.156 e. The van der Waals surface area contributed by atoms with Gasteiger partial charge in [0.15, 0.2) is 5.78 Å². The first-order valence-corrected chi connectivity index (χ1v) is 11.8. The number of rotatable bonds is 6. The summed E-state index contributed by atoms with van der Waals surface area (Å²) in [5, 5.41) is 41.4. The first-order chi connectivity index (χ1) is 17.1. The van der Waals surface area contributed by atoms with Gasteiger partial charge in [0.2, 0.25) is 0 Å². The van der Waals surface area contributed by atoms with Gasteiger partial charge < -0.3 is 20.4 Å². The Balaban J connectivity index is 1.98. The fourth-order valence-corrected chi connectivity index (χ4v) is 4.60. The maximum absolute atomic E-state index is 14.6. The van der Waals surface area contributed by atoms with E-state index in [4.69, 9.17) is 0 Å². The summed E-state index contributed by atoms with van der Waals surface area (Å²) in [5.41, 5.74) is 6.23. The van der Waals surface area contributed by atoms with Crippen molar-refractivity contribution in [3.05, 3.63) is 117 Å². The molecule has 0 radical (unpaired) electrons. The molecule has 0 fully saturated rings. The summed E-state index contributed by atoms with van der Waals surface area (Å²) in [6.07, 6.45) is 0. The van der Waals surface area contributed by atoms with Gasteiger partial charge in [-0.2, -0.15) is 0 Å². The van der Waals surface area contributed by atoms with Crippen molar-refractivity contribution in [3.8, 4) is 23.0 Å². The third-order valence-corrected chi connectivity index (χ3v) is 6.95. The van der Waals surface area contributed by atoms with Gasteiger partial charge in [0, 0.05) is 23.3 Å². The highest BCUT2D eigenvalue weighted by Crippen LogP contribution is 2.43. The lowest BCUT2D eigenvalue weighted by molar-refractivity contribution is -0.120. The van der Waals surface area contributed by atoms with E-state index in [0.29, 0.717) is 22.3 Å². The Hall–Kier alpha value is -4.25. The minimum Gasteiger partial charge on any atom is -0.508 e. The molecule has 36 heavy (non-hydrogen) atoms. The van der Waals surface area contributed by atoms with Crippen molar-refractivity contribution in [2.75, 3.05) is 0 Å². The van der Waals surface area contributed by atoms with E-state index in [2.05, 4.69) is 0 Å². The van der Waals surface area contributed by atoms with Crippen LogP contribution in [-0.2, 0) is 4.79 Å². The Labute approximate surface area is 210 Å². The number of benzene rings is 4. The Kier molecular flexibility index (Phi) is 6.75. The van der Waals surface area contributed by atoms with Crippen molar-refractivity contribution >= 4 is 5.78 Å². The van der Waals surface area contributed by atoms with Crippen molar-refractivity contribution in [1.29, 1.82) is 0 Å². The van der Waals surface area contributed by atoms with Gasteiger partial charge in [-0.1, -0.05) is 48.5 Å². The predicted octanol–water partition coefficient (Wildman–Crippen LogP) is 6.28. The van der Waals surface area contributed by atoms with Crippen LogP contribution in [0.1, 0.15) is 56.3 Å². The van der Waals surface area contributed by atoms with Crippen LogP contribution in [0.25, 0.3) is 0 Å². The van der Waals surface area contributed by atoms with E-state index in [0.717, 1.165) is 22.3 Å². The number of carbonyl (C=O) groups is 1. The van der Waals surface area contributed by atoms with Gasteiger partial charge in [-0.3, -0.25) is 4.79 Å². The molecule has 0 aromatic heterocycles. The summed E-state index contributed by atoms with van der Waals surface area (Å²) in [4.78, 5) is 14.6. The van der Waals surface area contributed by atoms with E-state index in [1.165, 1.54) is 24.3 Å². The molecule has 0 heterocycles. The fraction of sp³-hybridized carbons (Fsp3) is 0.194. The minimum atomic E-state index is -0.885. The first kappa shape index (κ1) is 24.9. The molecule has 0 bridgehead atoms. The molecule has 2 atom stereocenters. The number of ketones is 1.